The molecule has 0 amide bonds. The third-order valence-corrected chi connectivity index (χ3v) is 6.62. The van der Waals surface area contributed by atoms with Gasteiger partial charge in [-0.05, 0) is 36.2 Å². The Morgan fingerprint density at radius 2 is 1.22 bits per heavy atom. The van der Waals surface area contributed by atoms with Crippen LogP contribution in [0.1, 0.15) is 11.2 Å². The highest BCUT2D eigenvalue weighted by Gasteiger charge is 2.26. The minimum absolute atomic E-state index is 0.171. The second kappa shape index (κ2) is 7.39. The van der Waals surface area contributed by atoms with Gasteiger partial charge in [0, 0.05) is 11.3 Å². The molecular formula is C20H19FNP. The fraction of sp³-hybridized carbons (Fsp3) is 0.100. The van der Waals surface area contributed by atoms with Crippen LogP contribution in [-0.4, -0.2) is 6.67 Å². The molecule has 116 valence electrons. The van der Waals surface area contributed by atoms with Gasteiger partial charge in [-0.25, -0.2) is 0 Å². The van der Waals surface area contributed by atoms with Crippen LogP contribution in [0.2, 0.25) is 0 Å². The number of anilines is 1. The van der Waals surface area contributed by atoms with Crippen LogP contribution in [-0.2, 0) is 0 Å². The molecule has 1 unspecified atom stereocenters. The predicted octanol–water partition coefficient (Wildman–Crippen LogP) is 4.41. The molecule has 0 heterocycles. The summed E-state index contributed by atoms with van der Waals surface area (Å²) in [6, 6.07) is 28.0. The second-order valence-corrected chi connectivity index (χ2v) is 7.77. The van der Waals surface area contributed by atoms with E-state index in [4.69, 9.17) is 5.73 Å². The van der Waals surface area contributed by atoms with Crippen molar-refractivity contribution in [1.82, 2.24) is 0 Å². The van der Waals surface area contributed by atoms with Gasteiger partial charge in [-0.2, -0.15) is 0 Å². The van der Waals surface area contributed by atoms with Gasteiger partial charge in [0.15, 0.2) is 0 Å². The number of rotatable bonds is 5. The number of halogens is 1. The van der Waals surface area contributed by atoms with Crippen molar-refractivity contribution in [2.24, 2.45) is 0 Å². The Balaban J connectivity index is 2.08. The van der Waals surface area contributed by atoms with E-state index in [1.807, 2.05) is 60.7 Å². The molecule has 0 saturated heterocycles. The van der Waals surface area contributed by atoms with E-state index >= 15 is 0 Å². The standard InChI is InChI=1S/C20H19FNP/c21-15-20(16-11-13-17(22)14-12-16)23(18-7-3-1-4-8-18)19-9-5-2-6-10-19/h1-14,20H,15,22H2. The van der Waals surface area contributed by atoms with Gasteiger partial charge >= 0.3 is 0 Å². The first kappa shape index (κ1) is 15.7. The van der Waals surface area contributed by atoms with Crippen molar-refractivity contribution in [3.8, 4) is 0 Å². The Morgan fingerprint density at radius 1 is 0.739 bits per heavy atom. The van der Waals surface area contributed by atoms with E-state index in [1.165, 1.54) is 10.6 Å². The molecule has 0 aromatic heterocycles. The Hall–Kier alpha value is -2.18. The van der Waals surface area contributed by atoms with E-state index in [2.05, 4.69) is 24.3 Å². The van der Waals surface area contributed by atoms with Gasteiger partial charge in [0.1, 0.15) is 6.67 Å². The number of alkyl halides is 1. The zero-order valence-electron chi connectivity index (χ0n) is 12.8. The summed E-state index contributed by atoms with van der Waals surface area (Å²) < 4.78 is 14.1. The van der Waals surface area contributed by atoms with E-state index in [0.717, 1.165) is 5.56 Å². The first-order chi connectivity index (χ1) is 11.3. The van der Waals surface area contributed by atoms with Crippen LogP contribution in [0.15, 0.2) is 84.9 Å². The van der Waals surface area contributed by atoms with Crippen LogP contribution in [0.3, 0.4) is 0 Å². The molecule has 0 aliphatic rings. The van der Waals surface area contributed by atoms with Crippen molar-refractivity contribution >= 4 is 24.2 Å². The van der Waals surface area contributed by atoms with E-state index in [-0.39, 0.29) is 12.3 Å². The molecule has 3 aromatic carbocycles. The quantitative estimate of drug-likeness (QED) is 0.546. The predicted molar refractivity (Wildman–Crippen MR) is 98.6 cm³/mol. The molecule has 1 nitrogen and oxygen atoms in total. The van der Waals surface area contributed by atoms with Gasteiger partial charge in [0.05, 0.1) is 0 Å². The van der Waals surface area contributed by atoms with E-state index in [1.54, 1.807) is 0 Å². The number of benzene rings is 3. The molecule has 0 fully saturated rings. The number of hydrogen-bond acceptors (Lipinski definition) is 1. The molecule has 3 heteroatoms. The molecule has 3 rings (SSSR count). The molecule has 0 saturated carbocycles. The summed E-state index contributed by atoms with van der Waals surface area (Å²) in [5.41, 5.74) is 7.31. The van der Waals surface area contributed by atoms with Gasteiger partial charge in [-0.15, -0.1) is 0 Å². The molecular weight excluding hydrogens is 304 g/mol. The minimum Gasteiger partial charge on any atom is -0.399 e. The zero-order chi connectivity index (χ0) is 16.1. The molecule has 1 atom stereocenters. The smallest absolute Gasteiger partial charge is 0.101 e. The average Bonchev–Trinajstić information content (AvgIpc) is 2.62. The van der Waals surface area contributed by atoms with Crippen LogP contribution >= 0.6 is 7.92 Å². The van der Waals surface area contributed by atoms with Crippen molar-refractivity contribution < 1.29 is 4.39 Å². The lowest BCUT2D eigenvalue weighted by Gasteiger charge is -2.27. The number of nitrogen functional groups attached to an aromatic ring is 1. The normalized spacial score (nSPS) is 12.3. The van der Waals surface area contributed by atoms with Gasteiger partial charge in [-0.3, -0.25) is 4.39 Å². The second-order valence-electron chi connectivity index (χ2n) is 5.38. The van der Waals surface area contributed by atoms with Crippen molar-refractivity contribution in [3.05, 3.63) is 90.5 Å². The molecule has 0 bridgehead atoms. The molecule has 0 radical (unpaired) electrons. The Morgan fingerprint density at radius 3 is 1.65 bits per heavy atom. The van der Waals surface area contributed by atoms with Crippen molar-refractivity contribution in [2.45, 2.75) is 5.66 Å². The topological polar surface area (TPSA) is 26.0 Å². The van der Waals surface area contributed by atoms with Crippen molar-refractivity contribution in [2.75, 3.05) is 12.4 Å². The molecule has 0 spiro atoms. The lowest BCUT2D eigenvalue weighted by molar-refractivity contribution is 0.487. The SMILES string of the molecule is Nc1ccc(C(CF)P(c2ccccc2)c2ccccc2)cc1. The summed E-state index contributed by atoms with van der Waals surface area (Å²) >= 11 is 0. The summed E-state index contributed by atoms with van der Waals surface area (Å²) in [7, 11) is -0.816. The molecule has 23 heavy (non-hydrogen) atoms. The summed E-state index contributed by atoms with van der Waals surface area (Å²) in [5.74, 6) is 0. The third kappa shape index (κ3) is 3.60. The van der Waals surface area contributed by atoms with E-state index < -0.39 is 7.92 Å². The monoisotopic (exact) mass is 323 g/mol. The van der Waals surface area contributed by atoms with E-state index in [0.29, 0.717) is 5.69 Å². The van der Waals surface area contributed by atoms with Crippen molar-refractivity contribution in [3.63, 3.8) is 0 Å². The highest BCUT2D eigenvalue weighted by molar-refractivity contribution is 7.73. The lowest BCUT2D eigenvalue weighted by Crippen LogP contribution is -2.18. The maximum atomic E-state index is 14.1. The molecule has 3 aromatic rings. The molecule has 0 aliphatic carbocycles. The Labute approximate surface area is 137 Å². The Kier molecular flexibility index (Phi) is 5.05. The summed E-state index contributed by atoms with van der Waals surface area (Å²) in [5, 5.41) is 2.38. The first-order valence-electron chi connectivity index (χ1n) is 7.60. The van der Waals surface area contributed by atoms with Crippen LogP contribution in [0.25, 0.3) is 0 Å². The van der Waals surface area contributed by atoms with Gasteiger partial charge in [0.2, 0.25) is 0 Å². The largest absolute Gasteiger partial charge is 0.399 e. The van der Waals surface area contributed by atoms with Crippen LogP contribution in [0.5, 0.6) is 0 Å². The van der Waals surface area contributed by atoms with Crippen LogP contribution in [0.4, 0.5) is 10.1 Å². The molecule has 0 aliphatic heterocycles. The summed E-state index contributed by atoms with van der Waals surface area (Å²) in [6.07, 6.45) is 0. The summed E-state index contributed by atoms with van der Waals surface area (Å²) in [6.45, 7) is -0.389. The lowest BCUT2D eigenvalue weighted by atomic mass is 10.1. The fourth-order valence-corrected chi connectivity index (χ4v) is 5.32. The van der Waals surface area contributed by atoms with E-state index in [9.17, 15) is 4.39 Å². The maximum absolute atomic E-state index is 14.1. The molecule has 2 N–H and O–H groups in total. The van der Waals surface area contributed by atoms with Gasteiger partial charge in [-0.1, -0.05) is 72.8 Å². The van der Waals surface area contributed by atoms with Gasteiger partial charge in [0.25, 0.3) is 0 Å². The van der Waals surface area contributed by atoms with Crippen LogP contribution < -0.4 is 16.3 Å². The Bertz CT molecular complexity index is 689. The fourth-order valence-electron chi connectivity index (χ4n) is 2.71. The number of hydrogen-bond donors (Lipinski definition) is 1. The third-order valence-electron chi connectivity index (χ3n) is 3.85. The minimum atomic E-state index is -0.816. The van der Waals surface area contributed by atoms with Crippen molar-refractivity contribution in [1.29, 1.82) is 0 Å². The van der Waals surface area contributed by atoms with Gasteiger partial charge < -0.3 is 5.73 Å². The first-order valence-corrected chi connectivity index (χ1v) is 9.01. The average molecular weight is 323 g/mol. The highest BCUT2D eigenvalue weighted by atomic mass is 31.1. The number of nitrogens with two attached hydrogens (primary N) is 1. The maximum Gasteiger partial charge on any atom is 0.101 e. The zero-order valence-corrected chi connectivity index (χ0v) is 13.7. The van der Waals surface area contributed by atoms with Crippen LogP contribution in [0, 0.1) is 0 Å². The highest BCUT2D eigenvalue weighted by Crippen LogP contribution is 2.49. The summed E-state index contributed by atoms with van der Waals surface area (Å²) in [4.78, 5) is 0.